The van der Waals surface area contributed by atoms with E-state index in [4.69, 9.17) is 0 Å². The number of anilines is 2. The number of hydrogen-bond acceptors (Lipinski definition) is 4. The summed E-state index contributed by atoms with van der Waals surface area (Å²) in [4.78, 5) is 27.4. The van der Waals surface area contributed by atoms with Crippen molar-refractivity contribution < 1.29 is 14.0 Å². The number of rotatable bonds is 5. The molecule has 0 atom stereocenters. The Hall–Kier alpha value is -2.96. The number of aromatic nitrogens is 1. The van der Waals surface area contributed by atoms with E-state index in [1.54, 1.807) is 25.3 Å². The second-order valence-corrected chi connectivity index (χ2v) is 4.82. The van der Waals surface area contributed by atoms with Crippen molar-refractivity contribution in [3.05, 3.63) is 54.0 Å². The number of aryl methyl sites for hydroxylation is 1. The third kappa shape index (κ3) is 5.06. The maximum Gasteiger partial charge on any atom is 0.313 e. The Labute approximate surface area is 133 Å². The van der Waals surface area contributed by atoms with E-state index in [0.29, 0.717) is 17.9 Å². The van der Waals surface area contributed by atoms with Crippen LogP contribution in [0.15, 0.2) is 42.6 Å². The molecule has 0 aliphatic heterocycles. The van der Waals surface area contributed by atoms with Gasteiger partial charge in [-0.2, -0.15) is 0 Å². The summed E-state index contributed by atoms with van der Waals surface area (Å²) < 4.78 is 13.4. The molecule has 1 heterocycles. The normalized spacial score (nSPS) is 10.0. The van der Waals surface area contributed by atoms with Crippen molar-refractivity contribution in [3.63, 3.8) is 0 Å². The number of carbonyl (C=O) groups is 2. The molecule has 2 aromatic rings. The molecule has 1 aromatic carbocycles. The maximum absolute atomic E-state index is 13.4. The van der Waals surface area contributed by atoms with Gasteiger partial charge in [0.15, 0.2) is 0 Å². The summed E-state index contributed by atoms with van der Waals surface area (Å²) in [6, 6.07) is 9.66. The Bertz CT molecular complexity index is 692. The average molecular weight is 316 g/mol. The molecule has 0 saturated carbocycles. The monoisotopic (exact) mass is 316 g/mol. The van der Waals surface area contributed by atoms with E-state index < -0.39 is 17.6 Å². The zero-order valence-corrected chi connectivity index (χ0v) is 12.6. The van der Waals surface area contributed by atoms with Crippen LogP contribution in [0.1, 0.15) is 5.56 Å². The smallest absolute Gasteiger partial charge is 0.313 e. The summed E-state index contributed by atoms with van der Waals surface area (Å²) in [6.07, 6.45) is 1.65. The molecule has 0 bridgehead atoms. The standard InChI is InChI=1S/C16H17FN4O2/c1-11-5-6-12(10-13(11)17)21-16(23)15(22)20-9-8-19-14-4-2-3-7-18-14/h2-7,10H,8-9H2,1H3,(H,18,19)(H,20,22)(H,21,23). The van der Waals surface area contributed by atoms with Crippen LogP contribution in [0.3, 0.4) is 0 Å². The number of nitrogens with one attached hydrogen (secondary N) is 3. The molecule has 7 heteroatoms. The average Bonchev–Trinajstić information content (AvgIpc) is 2.55. The number of hydrogen-bond donors (Lipinski definition) is 3. The zero-order valence-electron chi connectivity index (χ0n) is 12.6. The largest absolute Gasteiger partial charge is 0.368 e. The van der Waals surface area contributed by atoms with E-state index in [2.05, 4.69) is 20.9 Å². The fourth-order valence-electron chi connectivity index (χ4n) is 1.77. The van der Waals surface area contributed by atoms with Crippen molar-refractivity contribution in [2.24, 2.45) is 0 Å². The topological polar surface area (TPSA) is 83.1 Å². The molecule has 3 N–H and O–H groups in total. The van der Waals surface area contributed by atoms with Crippen molar-refractivity contribution in [1.82, 2.24) is 10.3 Å². The molecule has 0 spiro atoms. The first-order valence-corrected chi connectivity index (χ1v) is 7.06. The van der Waals surface area contributed by atoms with Gasteiger partial charge in [-0.3, -0.25) is 9.59 Å². The molecule has 2 amide bonds. The van der Waals surface area contributed by atoms with Crippen molar-refractivity contribution in [2.45, 2.75) is 6.92 Å². The van der Waals surface area contributed by atoms with Crippen molar-refractivity contribution in [2.75, 3.05) is 23.7 Å². The Balaban J connectivity index is 1.74. The Morgan fingerprint density at radius 1 is 1.13 bits per heavy atom. The highest BCUT2D eigenvalue weighted by Crippen LogP contribution is 2.13. The van der Waals surface area contributed by atoms with E-state index in [1.165, 1.54) is 18.2 Å². The molecule has 0 aliphatic rings. The lowest BCUT2D eigenvalue weighted by Crippen LogP contribution is -2.37. The van der Waals surface area contributed by atoms with Crippen LogP contribution in [-0.4, -0.2) is 29.9 Å². The first-order valence-electron chi connectivity index (χ1n) is 7.06. The van der Waals surface area contributed by atoms with Crippen LogP contribution in [0, 0.1) is 12.7 Å². The predicted molar refractivity (Wildman–Crippen MR) is 85.5 cm³/mol. The fourth-order valence-corrected chi connectivity index (χ4v) is 1.77. The summed E-state index contributed by atoms with van der Waals surface area (Å²) in [5, 5.41) is 7.80. The molecular weight excluding hydrogens is 299 g/mol. The van der Waals surface area contributed by atoms with Gasteiger partial charge in [0, 0.05) is 25.0 Å². The summed E-state index contributed by atoms with van der Waals surface area (Å²) in [5.41, 5.74) is 0.702. The molecule has 23 heavy (non-hydrogen) atoms. The lowest BCUT2D eigenvalue weighted by Gasteiger charge is -2.08. The fraction of sp³-hybridized carbons (Fsp3) is 0.188. The lowest BCUT2D eigenvalue weighted by atomic mass is 10.2. The first kappa shape index (κ1) is 16.4. The van der Waals surface area contributed by atoms with Gasteiger partial charge in [0.25, 0.3) is 0 Å². The number of halogens is 1. The van der Waals surface area contributed by atoms with Crippen molar-refractivity contribution in [3.8, 4) is 0 Å². The van der Waals surface area contributed by atoms with Gasteiger partial charge < -0.3 is 16.0 Å². The second-order valence-electron chi connectivity index (χ2n) is 4.82. The molecule has 0 saturated heterocycles. The third-order valence-corrected chi connectivity index (χ3v) is 3.02. The van der Waals surface area contributed by atoms with Crippen LogP contribution >= 0.6 is 0 Å². The summed E-state index contributed by atoms with van der Waals surface area (Å²) in [5.74, 6) is -1.39. The zero-order chi connectivity index (χ0) is 16.7. The molecular formula is C16H17FN4O2. The first-order chi connectivity index (χ1) is 11.1. The van der Waals surface area contributed by atoms with Crippen molar-refractivity contribution >= 4 is 23.3 Å². The Morgan fingerprint density at radius 2 is 1.96 bits per heavy atom. The molecule has 120 valence electrons. The maximum atomic E-state index is 13.4. The van der Waals surface area contributed by atoms with Gasteiger partial charge in [0.2, 0.25) is 0 Å². The molecule has 0 unspecified atom stereocenters. The number of carbonyl (C=O) groups excluding carboxylic acids is 2. The van der Waals surface area contributed by atoms with Gasteiger partial charge in [-0.15, -0.1) is 0 Å². The summed E-state index contributed by atoms with van der Waals surface area (Å²) in [6.45, 7) is 2.29. The van der Waals surface area contributed by atoms with E-state index in [1.807, 2.05) is 6.07 Å². The van der Waals surface area contributed by atoms with E-state index in [-0.39, 0.29) is 12.2 Å². The minimum absolute atomic E-state index is 0.236. The number of amides is 2. The van der Waals surface area contributed by atoms with E-state index in [9.17, 15) is 14.0 Å². The number of benzene rings is 1. The van der Waals surface area contributed by atoms with Crippen LogP contribution in [0.2, 0.25) is 0 Å². The molecule has 0 aliphatic carbocycles. The molecule has 2 rings (SSSR count). The molecule has 6 nitrogen and oxygen atoms in total. The quantitative estimate of drug-likeness (QED) is 0.579. The lowest BCUT2D eigenvalue weighted by molar-refractivity contribution is -0.136. The van der Waals surface area contributed by atoms with Gasteiger partial charge in [0.05, 0.1) is 0 Å². The van der Waals surface area contributed by atoms with Gasteiger partial charge in [-0.25, -0.2) is 9.37 Å². The van der Waals surface area contributed by atoms with Gasteiger partial charge >= 0.3 is 11.8 Å². The van der Waals surface area contributed by atoms with Crippen LogP contribution in [0.5, 0.6) is 0 Å². The highest BCUT2D eigenvalue weighted by atomic mass is 19.1. The highest BCUT2D eigenvalue weighted by molar-refractivity contribution is 6.39. The third-order valence-electron chi connectivity index (χ3n) is 3.02. The van der Waals surface area contributed by atoms with Crippen molar-refractivity contribution in [1.29, 1.82) is 0 Å². The number of nitrogens with zero attached hydrogens (tertiary/aromatic N) is 1. The summed E-state index contributed by atoms with van der Waals surface area (Å²) >= 11 is 0. The predicted octanol–water partition coefficient (Wildman–Crippen LogP) is 1.70. The minimum Gasteiger partial charge on any atom is -0.368 e. The van der Waals surface area contributed by atoms with Crippen LogP contribution in [-0.2, 0) is 9.59 Å². The minimum atomic E-state index is -0.842. The van der Waals surface area contributed by atoms with Crippen LogP contribution in [0.4, 0.5) is 15.9 Å². The second kappa shape index (κ2) is 7.88. The van der Waals surface area contributed by atoms with Gasteiger partial charge in [0.1, 0.15) is 11.6 Å². The Kier molecular flexibility index (Phi) is 5.62. The Morgan fingerprint density at radius 3 is 2.65 bits per heavy atom. The van der Waals surface area contributed by atoms with Crippen LogP contribution < -0.4 is 16.0 Å². The van der Waals surface area contributed by atoms with Crippen LogP contribution in [0.25, 0.3) is 0 Å². The molecule has 0 radical (unpaired) electrons. The number of pyridine rings is 1. The van der Waals surface area contributed by atoms with Gasteiger partial charge in [-0.1, -0.05) is 12.1 Å². The highest BCUT2D eigenvalue weighted by Gasteiger charge is 2.13. The summed E-state index contributed by atoms with van der Waals surface area (Å²) in [7, 11) is 0. The SMILES string of the molecule is Cc1ccc(NC(=O)C(=O)NCCNc2ccccn2)cc1F. The molecule has 0 fully saturated rings. The van der Waals surface area contributed by atoms with E-state index >= 15 is 0 Å². The molecule has 1 aromatic heterocycles. The van der Waals surface area contributed by atoms with E-state index in [0.717, 1.165) is 0 Å². The van der Waals surface area contributed by atoms with Gasteiger partial charge in [-0.05, 0) is 36.8 Å².